The molecule has 1 fully saturated rings. The van der Waals surface area contributed by atoms with Gasteiger partial charge in [0.05, 0.1) is 17.3 Å². The maximum Gasteiger partial charge on any atom is 0.184 e. The van der Waals surface area contributed by atoms with Gasteiger partial charge in [-0.25, -0.2) is 4.98 Å². The molecule has 0 unspecified atom stereocenters. The molecule has 1 aromatic carbocycles. The summed E-state index contributed by atoms with van der Waals surface area (Å²) < 4.78 is 6.42. The Kier molecular flexibility index (Phi) is 3.57. The first kappa shape index (κ1) is 12.7. The first-order chi connectivity index (χ1) is 9.24. The molecule has 1 saturated heterocycles. The number of likely N-dealkylation sites (tertiary alicyclic amines) is 1. The summed E-state index contributed by atoms with van der Waals surface area (Å²) in [4.78, 5) is 7.02. The summed E-state index contributed by atoms with van der Waals surface area (Å²) >= 11 is 1.71. The Bertz CT molecular complexity index is 561. The molecule has 0 aliphatic carbocycles. The number of ether oxygens (including phenoxy) is 1. The predicted octanol–water partition coefficient (Wildman–Crippen LogP) is 2.81. The van der Waals surface area contributed by atoms with Gasteiger partial charge in [0.25, 0.3) is 0 Å². The Balaban J connectivity index is 1.74. The molecule has 1 aliphatic heterocycles. The number of benzene rings is 1. The highest BCUT2D eigenvalue weighted by molar-refractivity contribution is 7.22. The summed E-state index contributed by atoms with van der Waals surface area (Å²) in [7, 11) is 3.88. The molecule has 2 aromatic rings. The molecule has 0 saturated carbocycles. The van der Waals surface area contributed by atoms with Gasteiger partial charge in [-0.05, 0) is 51.2 Å². The number of hydrogen-bond acceptors (Lipinski definition) is 5. The number of hydrogen-bond donors (Lipinski definition) is 1. The van der Waals surface area contributed by atoms with Crippen LogP contribution in [0.4, 0.5) is 5.13 Å². The molecule has 3 rings (SSSR count). The number of anilines is 1. The third-order valence-electron chi connectivity index (χ3n) is 3.64. The number of piperidine rings is 1. The van der Waals surface area contributed by atoms with E-state index in [0.717, 1.165) is 29.5 Å². The molecular weight excluding hydrogens is 258 g/mol. The fraction of sp³-hybridized carbons (Fsp3) is 0.500. The Morgan fingerprint density at radius 3 is 2.89 bits per heavy atom. The molecule has 0 amide bonds. The smallest absolute Gasteiger partial charge is 0.184 e. The van der Waals surface area contributed by atoms with Crippen molar-refractivity contribution in [3.63, 3.8) is 0 Å². The maximum atomic E-state index is 5.25. The van der Waals surface area contributed by atoms with Crippen LogP contribution >= 0.6 is 11.3 Å². The van der Waals surface area contributed by atoms with Crippen LogP contribution in [-0.4, -0.2) is 43.2 Å². The Morgan fingerprint density at radius 1 is 1.37 bits per heavy atom. The van der Waals surface area contributed by atoms with Crippen LogP contribution in [0.1, 0.15) is 12.8 Å². The molecule has 0 spiro atoms. The summed E-state index contributed by atoms with van der Waals surface area (Å²) in [5, 5.41) is 4.59. The topological polar surface area (TPSA) is 37.4 Å². The summed E-state index contributed by atoms with van der Waals surface area (Å²) in [6.07, 6.45) is 2.38. The first-order valence-electron chi connectivity index (χ1n) is 6.64. The molecule has 4 nitrogen and oxygen atoms in total. The monoisotopic (exact) mass is 277 g/mol. The van der Waals surface area contributed by atoms with Crippen molar-refractivity contribution in [1.29, 1.82) is 0 Å². The fourth-order valence-electron chi connectivity index (χ4n) is 2.42. The normalized spacial score (nSPS) is 17.8. The van der Waals surface area contributed by atoms with Gasteiger partial charge in [0, 0.05) is 6.04 Å². The third-order valence-corrected chi connectivity index (χ3v) is 4.59. The van der Waals surface area contributed by atoms with Crippen LogP contribution in [-0.2, 0) is 0 Å². The van der Waals surface area contributed by atoms with Crippen molar-refractivity contribution < 1.29 is 4.74 Å². The van der Waals surface area contributed by atoms with Crippen molar-refractivity contribution in [3.05, 3.63) is 18.2 Å². The number of thiazole rings is 1. The van der Waals surface area contributed by atoms with Crippen molar-refractivity contribution in [1.82, 2.24) is 9.88 Å². The second kappa shape index (κ2) is 5.35. The van der Waals surface area contributed by atoms with Crippen molar-refractivity contribution in [2.45, 2.75) is 18.9 Å². The molecule has 0 bridgehead atoms. The highest BCUT2D eigenvalue weighted by Crippen LogP contribution is 2.30. The van der Waals surface area contributed by atoms with Crippen molar-refractivity contribution in [3.8, 4) is 5.75 Å². The van der Waals surface area contributed by atoms with Crippen LogP contribution in [0.5, 0.6) is 5.75 Å². The molecule has 1 N–H and O–H groups in total. The summed E-state index contributed by atoms with van der Waals surface area (Å²) in [5.74, 6) is 0.891. The van der Waals surface area contributed by atoms with Gasteiger partial charge in [0.15, 0.2) is 5.13 Å². The van der Waals surface area contributed by atoms with E-state index in [1.54, 1.807) is 18.4 Å². The van der Waals surface area contributed by atoms with Gasteiger partial charge in [-0.1, -0.05) is 11.3 Å². The van der Waals surface area contributed by atoms with E-state index in [4.69, 9.17) is 4.74 Å². The highest BCUT2D eigenvalue weighted by atomic mass is 32.1. The third kappa shape index (κ3) is 2.82. The summed E-state index contributed by atoms with van der Waals surface area (Å²) in [5.41, 5.74) is 1.04. The zero-order chi connectivity index (χ0) is 13.2. The van der Waals surface area contributed by atoms with Crippen LogP contribution in [0, 0.1) is 0 Å². The van der Waals surface area contributed by atoms with E-state index in [-0.39, 0.29) is 0 Å². The summed E-state index contributed by atoms with van der Waals surface area (Å²) in [6.45, 7) is 2.33. The first-order valence-corrected chi connectivity index (χ1v) is 7.46. The number of nitrogens with one attached hydrogen (secondary N) is 1. The SMILES string of the molecule is COc1ccc2nc(NC3CCN(C)CC3)sc2c1. The minimum absolute atomic E-state index is 0.554. The van der Waals surface area contributed by atoms with E-state index < -0.39 is 0 Å². The zero-order valence-corrected chi connectivity index (χ0v) is 12.2. The van der Waals surface area contributed by atoms with Crippen LogP contribution in [0.15, 0.2) is 18.2 Å². The van der Waals surface area contributed by atoms with E-state index in [2.05, 4.69) is 22.2 Å². The van der Waals surface area contributed by atoms with Gasteiger partial charge in [0.2, 0.25) is 0 Å². The quantitative estimate of drug-likeness (QED) is 0.936. The molecule has 102 valence electrons. The van der Waals surface area contributed by atoms with Crippen molar-refractivity contribution >= 4 is 26.7 Å². The van der Waals surface area contributed by atoms with Gasteiger partial charge in [-0.15, -0.1) is 0 Å². The number of rotatable bonds is 3. The highest BCUT2D eigenvalue weighted by Gasteiger charge is 2.17. The second-order valence-corrected chi connectivity index (χ2v) is 6.11. The average molecular weight is 277 g/mol. The van der Waals surface area contributed by atoms with Gasteiger partial charge in [0.1, 0.15) is 5.75 Å². The van der Waals surface area contributed by atoms with Crippen LogP contribution < -0.4 is 10.1 Å². The van der Waals surface area contributed by atoms with Gasteiger partial charge < -0.3 is 15.0 Å². The Hall–Kier alpha value is -1.33. The minimum Gasteiger partial charge on any atom is -0.497 e. The molecule has 1 aliphatic rings. The largest absolute Gasteiger partial charge is 0.497 e. The van der Waals surface area contributed by atoms with E-state index >= 15 is 0 Å². The number of aromatic nitrogens is 1. The van der Waals surface area contributed by atoms with Crippen LogP contribution in [0.2, 0.25) is 0 Å². The summed E-state index contributed by atoms with van der Waals surface area (Å²) in [6, 6.07) is 6.58. The predicted molar refractivity (Wildman–Crippen MR) is 80.3 cm³/mol. The minimum atomic E-state index is 0.554. The van der Waals surface area contributed by atoms with E-state index in [1.807, 2.05) is 18.2 Å². The maximum absolute atomic E-state index is 5.25. The van der Waals surface area contributed by atoms with Gasteiger partial charge in [-0.3, -0.25) is 0 Å². The molecule has 0 radical (unpaired) electrons. The Labute approximate surface area is 117 Å². The molecule has 5 heteroatoms. The number of methoxy groups -OCH3 is 1. The average Bonchev–Trinajstić information content (AvgIpc) is 2.82. The van der Waals surface area contributed by atoms with E-state index in [1.165, 1.54) is 17.5 Å². The lowest BCUT2D eigenvalue weighted by atomic mass is 10.1. The molecule has 19 heavy (non-hydrogen) atoms. The zero-order valence-electron chi connectivity index (χ0n) is 11.3. The molecule has 1 aromatic heterocycles. The van der Waals surface area contributed by atoms with E-state index in [0.29, 0.717) is 6.04 Å². The molecule has 2 heterocycles. The number of fused-ring (bicyclic) bond motifs is 1. The van der Waals surface area contributed by atoms with Gasteiger partial charge >= 0.3 is 0 Å². The lowest BCUT2D eigenvalue weighted by molar-refractivity contribution is 0.264. The molecular formula is C14H19N3OS. The Morgan fingerprint density at radius 2 is 2.16 bits per heavy atom. The van der Waals surface area contributed by atoms with E-state index in [9.17, 15) is 0 Å². The van der Waals surface area contributed by atoms with Crippen LogP contribution in [0.25, 0.3) is 10.2 Å². The standard InChI is InChI=1S/C14H19N3OS/c1-17-7-5-10(6-8-17)15-14-16-12-4-3-11(18-2)9-13(12)19-14/h3-4,9-10H,5-8H2,1-2H3,(H,15,16). The lowest BCUT2D eigenvalue weighted by Gasteiger charge is -2.29. The fourth-order valence-corrected chi connectivity index (χ4v) is 3.39. The van der Waals surface area contributed by atoms with Gasteiger partial charge in [-0.2, -0.15) is 0 Å². The van der Waals surface area contributed by atoms with Crippen molar-refractivity contribution in [2.24, 2.45) is 0 Å². The second-order valence-electron chi connectivity index (χ2n) is 5.07. The van der Waals surface area contributed by atoms with Crippen LogP contribution in [0.3, 0.4) is 0 Å². The number of nitrogens with zero attached hydrogens (tertiary/aromatic N) is 2. The molecule has 0 atom stereocenters. The van der Waals surface area contributed by atoms with Crippen molar-refractivity contribution in [2.75, 3.05) is 32.6 Å². The lowest BCUT2D eigenvalue weighted by Crippen LogP contribution is -2.36.